The topological polar surface area (TPSA) is 98.0 Å². The minimum absolute atomic E-state index is 0.00931. The third kappa shape index (κ3) is 2.95. The normalized spacial score (nSPS) is 55.3. The van der Waals surface area contributed by atoms with E-state index in [1.807, 2.05) is 6.92 Å². The molecule has 10 unspecified atom stereocenters. The minimum Gasteiger partial charge on any atom is -0.481 e. The summed E-state index contributed by atoms with van der Waals surface area (Å²) in [6.45, 7) is 15.4. The van der Waals surface area contributed by atoms with E-state index in [1.54, 1.807) is 0 Å². The number of rotatable bonds is 1. The molecule has 0 saturated heterocycles. The van der Waals surface area contributed by atoms with Crippen molar-refractivity contribution in [2.45, 2.75) is 124 Å². The third-order valence-electron chi connectivity index (χ3n) is 13.3. The second-order valence-electron chi connectivity index (χ2n) is 14.8. The van der Waals surface area contributed by atoms with Gasteiger partial charge >= 0.3 is 5.97 Å². The lowest BCUT2D eigenvalue weighted by Crippen LogP contribution is -2.67. The molecule has 0 bridgehead atoms. The highest BCUT2D eigenvalue weighted by Crippen LogP contribution is 2.75. The summed E-state index contributed by atoms with van der Waals surface area (Å²) in [4.78, 5) is 12.8. The molecule has 4 saturated carbocycles. The van der Waals surface area contributed by atoms with Gasteiger partial charge in [0.2, 0.25) is 0 Å². The lowest BCUT2D eigenvalue weighted by atomic mass is 9.33. The molecule has 5 rings (SSSR count). The van der Waals surface area contributed by atoms with E-state index in [0.29, 0.717) is 37.5 Å². The summed E-state index contributed by atoms with van der Waals surface area (Å²) in [5.41, 5.74) is 0.114. The molecule has 0 aromatic carbocycles. The molecule has 4 fully saturated rings. The van der Waals surface area contributed by atoms with Gasteiger partial charge in [-0.15, -0.1) is 0 Å². The molecule has 5 aliphatic carbocycles. The number of allylic oxidation sites excluding steroid dienone is 1. The highest BCUT2D eigenvalue weighted by molar-refractivity contribution is 5.80. The van der Waals surface area contributed by atoms with Gasteiger partial charge in [-0.05, 0) is 104 Å². The molecule has 198 valence electrons. The fourth-order valence-electron chi connectivity index (χ4n) is 10.9. The van der Waals surface area contributed by atoms with E-state index in [2.05, 4.69) is 41.5 Å². The number of carboxylic acids is 1. The highest BCUT2D eigenvalue weighted by atomic mass is 16.4. The van der Waals surface area contributed by atoms with Crippen LogP contribution >= 0.6 is 0 Å². The molecule has 0 amide bonds. The molecular formula is C30H48O5. The van der Waals surface area contributed by atoms with E-state index in [-0.39, 0.29) is 27.6 Å². The quantitative estimate of drug-likeness (QED) is 0.375. The van der Waals surface area contributed by atoms with Crippen molar-refractivity contribution in [2.75, 3.05) is 0 Å². The monoisotopic (exact) mass is 488 g/mol. The molecule has 5 aliphatic rings. The van der Waals surface area contributed by atoms with E-state index in [9.17, 15) is 25.2 Å². The molecule has 0 aromatic rings. The number of fused-ring (bicyclic) bond motifs is 6. The molecule has 0 spiro atoms. The Morgan fingerprint density at radius 1 is 0.886 bits per heavy atom. The fourth-order valence-corrected chi connectivity index (χ4v) is 10.9. The Kier molecular flexibility index (Phi) is 5.40. The Hall–Kier alpha value is -0.910. The zero-order valence-corrected chi connectivity index (χ0v) is 22.9. The number of aliphatic hydroxyl groups excluding tert-OH is 2. The van der Waals surface area contributed by atoms with Crippen molar-refractivity contribution in [3.05, 3.63) is 11.1 Å². The Morgan fingerprint density at radius 2 is 1.51 bits per heavy atom. The second-order valence-corrected chi connectivity index (χ2v) is 14.8. The van der Waals surface area contributed by atoms with Crippen LogP contribution in [0.25, 0.3) is 0 Å². The molecule has 0 aromatic heterocycles. The van der Waals surface area contributed by atoms with Gasteiger partial charge in [-0.1, -0.05) is 47.1 Å². The number of carbonyl (C=O) groups is 1. The summed E-state index contributed by atoms with van der Waals surface area (Å²) in [5.74, 6) is -0.125. The van der Waals surface area contributed by atoms with Gasteiger partial charge < -0.3 is 20.4 Å². The molecule has 5 nitrogen and oxygen atoms in total. The smallest absolute Gasteiger partial charge is 0.313 e. The number of aliphatic carboxylic acids is 1. The predicted octanol–water partition coefficient (Wildman–Crippen LogP) is 5.32. The van der Waals surface area contributed by atoms with Gasteiger partial charge in [0.15, 0.2) is 0 Å². The van der Waals surface area contributed by atoms with Crippen molar-refractivity contribution in [1.82, 2.24) is 0 Å². The van der Waals surface area contributed by atoms with Gasteiger partial charge in [0, 0.05) is 5.92 Å². The minimum atomic E-state index is -0.880. The van der Waals surface area contributed by atoms with E-state index in [0.717, 1.165) is 37.7 Å². The molecule has 0 radical (unpaired) electrons. The van der Waals surface area contributed by atoms with Gasteiger partial charge in [-0.2, -0.15) is 0 Å². The Bertz CT molecular complexity index is 966. The summed E-state index contributed by atoms with van der Waals surface area (Å²) in [6.07, 6.45) is 5.74. The van der Waals surface area contributed by atoms with Crippen molar-refractivity contribution in [3.63, 3.8) is 0 Å². The molecule has 0 heterocycles. The SMILES string of the molecule is CC1C2=C3CCC4C5(C)CC(O)C(O)C(C)(C)C5CCC4(C)C3(C)CCC2(C(=O)O)CCC1(C)O. The largest absolute Gasteiger partial charge is 0.481 e. The van der Waals surface area contributed by atoms with E-state index in [4.69, 9.17) is 0 Å². The molecular weight excluding hydrogens is 440 g/mol. The number of hydrogen-bond acceptors (Lipinski definition) is 4. The third-order valence-corrected chi connectivity index (χ3v) is 13.3. The first kappa shape index (κ1) is 25.7. The van der Waals surface area contributed by atoms with Gasteiger partial charge in [-0.3, -0.25) is 4.79 Å². The van der Waals surface area contributed by atoms with Crippen LogP contribution in [0.1, 0.15) is 106 Å². The molecule has 35 heavy (non-hydrogen) atoms. The van der Waals surface area contributed by atoms with Crippen LogP contribution < -0.4 is 0 Å². The van der Waals surface area contributed by atoms with Crippen LogP contribution in [0.5, 0.6) is 0 Å². The lowest BCUT2D eigenvalue weighted by Gasteiger charge is -2.71. The average Bonchev–Trinajstić information content (AvgIpc) is 2.75. The van der Waals surface area contributed by atoms with Crippen LogP contribution in [-0.4, -0.2) is 44.2 Å². The maximum Gasteiger partial charge on any atom is 0.313 e. The van der Waals surface area contributed by atoms with E-state index < -0.39 is 29.2 Å². The van der Waals surface area contributed by atoms with Crippen molar-refractivity contribution in [3.8, 4) is 0 Å². The van der Waals surface area contributed by atoms with Crippen LogP contribution in [0.2, 0.25) is 0 Å². The van der Waals surface area contributed by atoms with Gasteiger partial charge in [0.1, 0.15) is 0 Å². The molecule has 4 N–H and O–H groups in total. The van der Waals surface area contributed by atoms with Crippen molar-refractivity contribution >= 4 is 5.97 Å². The second kappa shape index (κ2) is 7.35. The van der Waals surface area contributed by atoms with Crippen molar-refractivity contribution in [1.29, 1.82) is 0 Å². The first-order chi connectivity index (χ1) is 16.0. The van der Waals surface area contributed by atoms with Crippen LogP contribution in [0, 0.1) is 44.8 Å². The maximum absolute atomic E-state index is 12.8. The van der Waals surface area contributed by atoms with Crippen molar-refractivity contribution < 1.29 is 25.2 Å². The highest BCUT2D eigenvalue weighted by Gasteiger charge is 2.69. The fraction of sp³-hybridized carbons (Fsp3) is 0.900. The van der Waals surface area contributed by atoms with E-state index >= 15 is 0 Å². The van der Waals surface area contributed by atoms with Crippen LogP contribution in [-0.2, 0) is 4.79 Å². The first-order valence-corrected chi connectivity index (χ1v) is 14.0. The zero-order chi connectivity index (χ0) is 26.0. The standard InChI is InChI=1S/C30H48O5/c1-17-22-18-8-9-21-26(4)16-19(31)23(32)25(2,3)20(26)10-11-28(21,6)27(18,5)12-14-30(22,24(33)34)15-13-29(17,7)35/h17,19-21,23,31-32,35H,8-16H2,1-7H3,(H,33,34). The molecule has 5 heteroatoms. The van der Waals surface area contributed by atoms with Crippen LogP contribution in [0.3, 0.4) is 0 Å². The van der Waals surface area contributed by atoms with Crippen molar-refractivity contribution in [2.24, 2.45) is 44.8 Å². The summed E-state index contributed by atoms with van der Waals surface area (Å²) in [6, 6.07) is 0. The van der Waals surface area contributed by atoms with Crippen LogP contribution in [0.4, 0.5) is 0 Å². The Balaban J connectivity index is 1.65. The zero-order valence-electron chi connectivity index (χ0n) is 22.9. The number of aliphatic hydroxyl groups is 3. The lowest BCUT2D eigenvalue weighted by molar-refractivity contribution is -0.233. The summed E-state index contributed by atoms with van der Waals surface area (Å²) in [5, 5.41) is 43.7. The number of hydrogen-bond donors (Lipinski definition) is 4. The van der Waals surface area contributed by atoms with E-state index in [1.165, 1.54) is 5.57 Å². The van der Waals surface area contributed by atoms with Crippen LogP contribution in [0.15, 0.2) is 11.1 Å². The summed E-state index contributed by atoms with van der Waals surface area (Å²) >= 11 is 0. The van der Waals surface area contributed by atoms with Gasteiger partial charge in [0.05, 0.1) is 23.2 Å². The molecule has 10 atom stereocenters. The summed E-state index contributed by atoms with van der Waals surface area (Å²) < 4.78 is 0. The Morgan fingerprint density at radius 3 is 2.14 bits per heavy atom. The first-order valence-electron chi connectivity index (χ1n) is 14.0. The number of carboxylic acid groups (broad SMARTS) is 1. The predicted molar refractivity (Wildman–Crippen MR) is 136 cm³/mol. The maximum atomic E-state index is 12.8. The summed E-state index contributed by atoms with van der Waals surface area (Å²) in [7, 11) is 0. The van der Waals surface area contributed by atoms with Gasteiger partial charge in [0.25, 0.3) is 0 Å². The van der Waals surface area contributed by atoms with Gasteiger partial charge in [-0.25, -0.2) is 0 Å². The Labute approximate surface area is 211 Å². The average molecular weight is 489 g/mol. The molecule has 0 aliphatic heterocycles.